The number of halogens is 2. The molecule has 0 saturated carbocycles. The van der Waals surface area contributed by atoms with Gasteiger partial charge in [-0.1, -0.05) is 5.92 Å². The number of benzene rings is 1. The van der Waals surface area contributed by atoms with Crippen molar-refractivity contribution < 1.29 is 18.4 Å². The number of rotatable bonds is 3. The molecule has 1 aromatic carbocycles. The Balaban J connectivity index is 1.65. The Bertz CT molecular complexity index is 747. The fourth-order valence-corrected chi connectivity index (χ4v) is 3.51. The second-order valence-electron chi connectivity index (χ2n) is 6.66. The first-order chi connectivity index (χ1) is 12.5. The zero-order chi connectivity index (χ0) is 18.7. The van der Waals surface area contributed by atoms with Crippen LogP contribution in [0, 0.1) is 29.9 Å². The van der Waals surface area contributed by atoms with Crippen molar-refractivity contribution in [3.8, 4) is 12.3 Å². The molecular formula is C19H21F2N3O2. The van der Waals surface area contributed by atoms with E-state index in [0.717, 1.165) is 25.1 Å². The summed E-state index contributed by atoms with van der Waals surface area (Å²) in [5.74, 6) is -0.134. The van der Waals surface area contributed by atoms with Crippen LogP contribution in [0.4, 0.5) is 14.5 Å². The van der Waals surface area contributed by atoms with Gasteiger partial charge in [0.1, 0.15) is 0 Å². The third-order valence-electron chi connectivity index (χ3n) is 4.90. The Morgan fingerprint density at radius 2 is 2.00 bits per heavy atom. The third kappa shape index (κ3) is 3.86. The average molecular weight is 361 g/mol. The maximum absolute atomic E-state index is 13.4. The van der Waals surface area contributed by atoms with Crippen molar-refractivity contribution in [1.82, 2.24) is 9.80 Å². The van der Waals surface area contributed by atoms with Crippen LogP contribution in [0.2, 0.25) is 0 Å². The minimum absolute atomic E-state index is 0.0639. The number of nitrogens with zero attached hydrogens (tertiary/aromatic N) is 3. The van der Waals surface area contributed by atoms with Gasteiger partial charge in [0.15, 0.2) is 11.6 Å². The zero-order valence-corrected chi connectivity index (χ0v) is 14.5. The number of carbonyl (C=O) groups excluding carboxylic acids is 2. The number of anilines is 1. The van der Waals surface area contributed by atoms with Crippen LogP contribution in [0.5, 0.6) is 0 Å². The van der Waals surface area contributed by atoms with E-state index in [9.17, 15) is 18.4 Å². The summed E-state index contributed by atoms with van der Waals surface area (Å²) in [5.41, 5.74) is 0.278. The van der Waals surface area contributed by atoms with Gasteiger partial charge in [-0.05, 0) is 18.6 Å². The summed E-state index contributed by atoms with van der Waals surface area (Å²) in [4.78, 5) is 30.4. The van der Waals surface area contributed by atoms with Gasteiger partial charge >= 0.3 is 0 Å². The Kier molecular flexibility index (Phi) is 5.52. The molecule has 0 spiro atoms. The fraction of sp³-hybridized carbons (Fsp3) is 0.474. The molecule has 0 N–H and O–H groups in total. The molecule has 3 rings (SSSR count). The molecule has 2 amide bonds. The Morgan fingerprint density at radius 3 is 2.73 bits per heavy atom. The number of carbonyl (C=O) groups is 2. The summed E-state index contributed by atoms with van der Waals surface area (Å²) in [7, 11) is 0. The van der Waals surface area contributed by atoms with Crippen LogP contribution in [0.1, 0.15) is 12.8 Å². The number of amides is 2. The quantitative estimate of drug-likeness (QED) is 0.766. The first kappa shape index (κ1) is 18.3. The number of terminal acetylenes is 1. The molecule has 2 heterocycles. The maximum atomic E-state index is 13.4. The Labute approximate surface area is 151 Å². The van der Waals surface area contributed by atoms with Crippen LogP contribution in [-0.4, -0.2) is 60.9 Å². The third-order valence-corrected chi connectivity index (χ3v) is 4.90. The Hall–Kier alpha value is -2.46. The van der Waals surface area contributed by atoms with Crippen LogP contribution in [0.15, 0.2) is 18.2 Å². The molecular weight excluding hydrogens is 340 g/mol. The van der Waals surface area contributed by atoms with Crippen LogP contribution in [-0.2, 0) is 9.59 Å². The molecule has 1 atom stereocenters. The molecule has 0 bridgehead atoms. The van der Waals surface area contributed by atoms with Gasteiger partial charge in [-0.15, -0.1) is 6.42 Å². The van der Waals surface area contributed by atoms with Gasteiger partial charge in [0.05, 0.1) is 12.5 Å². The molecule has 26 heavy (non-hydrogen) atoms. The summed E-state index contributed by atoms with van der Waals surface area (Å²) in [5, 5.41) is 0. The lowest BCUT2D eigenvalue weighted by molar-refractivity contribution is -0.135. The minimum atomic E-state index is -1.01. The smallest absolute Gasteiger partial charge is 0.228 e. The van der Waals surface area contributed by atoms with Crippen molar-refractivity contribution in [2.45, 2.75) is 12.8 Å². The van der Waals surface area contributed by atoms with Crippen LogP contribution >= 0.6 is 0 Å². The summed E-state index contributed by atoms with van der Waals surface area (Å²) in [6.07, 6.45) is 6.26. The van der Waals surface area contributed by atoms with E-state index in [1.54, 1.807) is 4.90 Å². The van der Waals surface area contributed by atoms with E-state index in [1.165, 1.54) is 11.0 Å². The minimum Gasteiger partial charge on any atom is -0.341 e. The van der Waals surface area contributed by atoms with E-state index < -0.39 is 17.6 Å². The predicted molar refractivity (Wildman–Crippen MR) is 93.3 cm³/mol. The average Bonchev–Trinajstić information content (AvgIpc) is 2.85. The monoisotopic (exact) mass is 361 g/mol. The van der Waals surface area contributed by atoms with Gasteiger partial charge in [0, 0.05) is 50.9 Å². The van der Waals surface area contributed by atoms with Gasteiger partial charge in [0.25, 0.3) is 0 Å². The number of hydrogen-bond donors (Lipinski definition) is 0. The Morgan fingerprint density at radius 1 is 1.19 bits per heavy atom. The van der Waals surface area contributed by atoms with Crippen molar-refractivity contribution >= 4 is 17.5 Å². The van der Waals surface area contributed by atoms with E-state index in [2.05, 4.69) is 10.8 Å². The first-order valence-electron chi connectivity index (χ1n) is 8.69. The second-order valence-corrected chi connectivity index (χ2v) is 6.66. The lowest BCUT2D eigenvalue weighted by Gasteiger charge is -2.24. The van der Waals surface area contributed by atoms with Gasteiger partial charge in [-0.3, -0.25) is 14.5 Å². The van der Waals surface area contributed by atoms with E-state index in [0.29, 0.717) is 26.2 Å². The largest absolute Gasteiger partial charge is 0.341 e. The van der Waals surface area contributed by atoms with Gasteiger partial charge in [-0.2, -0.15) is 0 Å². The highest BCUT2D eigenvalue weighted by molar-refractivity contribution is 6.00. The number of hydrogen-bond acceptors (Lipinski definition) is 3. The highest BCUT2D eigenvalue weighted by Crippen LogP contribution is 2.27. The second kappa shape index (κ2) is 7.83. The van der Waals surface area contributed by atoms with Crippen molar-refractivity contribution in [1.29, 1.82) is 0 Å². The van der Waals surface area contributed by atoms with Gasteiger partial charge in [0.2, 0.25) is 11.8 Å². The molecule has 0 unspecified atom stereocenters. The van der Waals surface area contributed by atoms with E-state index in [4.69, 9.17) is 6.42 Å². The van der Waals surface area contributed by atoms with Gasteiger partial charge in [-0.25, -0.2) is 8.78 Å². The molecule has 0 aromatic heterocycles. The molecule has 5 nitrogen and oxygen atoms in total. The van der Waals surface area contributed by atoms with Crippen LogP contribution in [0.25, 0.3) is 0 Å². The SMILES string of the molecule is C#CCN1CCCN(C(=O)[C@H]2CC(=O)N(c3ccc(F)c(F)c3)C2)CC1. The van der Waals surface area contributed by atoms with E-state index in [1.807, 2.05) is 0 Å². The molecule has 138 valence electrons. The van der Waals surface area contributed by atoms with Crippen molar-refractivity contribution in [2.24, 2.45) is 5.92 Å². The molecule has 7 heteroatoms. The van der Waals surface area contributed by atoms with Crippen LogP contribution in [0.3, 0.4) is 0 Å². The van der Waals surface area contributed by atoms with Crippen molar-refractivity contribution in [3.63, 3.8) is 0 Å². The standard InChI is InChI=1S/C19H21F2N3O2/c1-2-6-22-7-3-8-23(10-9-22)19(26)14-11-18(25)24(13-14)15-4-5-16(20)17(21)12-15/h1,4-5,12,14H,3,6-11,13H2/t14-/m0/s1. The molecule has 2 aliphatic rings. The van der Waals surface area contributed by atoms with Crippen LogP contribution < -0.4 is 4.90 Å². The molecule has 2 aliphatic heterocycles. The normalized spacial score (nSPS) is 21.6. The lowest BCUT2D eigenvalue weighted by atomic mass is 10.1. The molecule has 1 aromatic rings. The van der Waals surface area contributed by atoms with Crippen molar-refractivity contribution in [3.05, 3.63) is 29.8 Å². The predicted octanol–water partition coefficient (Wildman–Crippen LogP) is 1.49. The molecule has 0 aliphatic carbocycles. The van der Waals surface area contributed by atoms with E-state index in [-0.39, 0.29) is 30.5 Å². The highest BCUT2D eigenvalue weighted by Gasteiger charge is 2.37. The van der Waals surface area contributed by atoms with Gasteiger partial charge < -0.3 is 9.80 Å². The maximum Gasteiger partial charge on any atom is 0.228 e. The summed E-state index contributed by atoms with van der Waals surface area (Å²) in [6.45, 7) is 3.52. The highest BCUT2D eigenvalue weighted by atomic mass is 19.2. The fourth-order valence-electron chi connectivity index (χ4n) is 3.51. The molecule has 2 saturated heterocycles. The molecule has 2 fully saturated rings. The van der Waals surface area contributed by atoms with E-state index >= 15 is 0 Å². The summed E-state index contributed by atoms with van der Waals surface area (Å²) < 4.78 is 26.5. The zero-order valence-electron chi connectivity index (χ0n) is 14.5. The molecule has 0 radical (unpaired) electrons. The summed E-state index contributed by atoms with van der Waals surface area (Å²) in [6, 6.07) is 3.33. The summed E-state index contributed by atoms with van der Waals surface area (Å²) >= 11 is 0. The topological polar surface area (TPSA) is 43.9 Å². The lowest BCUT2D eigenvalue weighted by Crippen LogP contribution is -2.40. The van der Waals surface area contributed by atoms with Crippen molar-refractivity contribution in [2.75, 3.05) is 44.2 Å². The first-order valence-corrected chi connectivity index (χ1v) is 8.69.